The molecule has 1 aliphatic rings. The molecule has 0 amide bonds. The standard InChI is InChI=1S/C16H26BrN3O/c1-11-7-6-8-16(10-11,19(3)4)14(21)9-13-15(17)12(2)18-20(13)5/h11H,6-10H2,1-5H3. The number of halogens is 1. The summed E-state index contributed by atoms with van der Waals surface area (Å²) < 4.78 is 2.79. The van der Waals surface area contributed by atoms with E-state index in [0.29, 0.717) is 18.1 Å². The van der Waals surface area contributed by atoms with E-state index in [9.17, 15) is 4.79 Å². The first-order valence-electron chi connectivity index (χ1n) is 7.66. The molecule has 5 heteroatoms. The van der Waals surface area contributed by atoms with Crippen LogP contribution in [0.1, 0.15) is 44.0 Å². The van der Waals surface area contributed by atoms with Gasteiger partial charge in [-0.25, -0.2) is 0 Å². The highest BCUT2D eigenvalue weighted by Gasteiger charge is 2.43. The van der Waals surface area contributed by atoms with Gasteiger partial charge in [0.2, 0.25) is 0 Å². The molecule has 0 radical (unpaired) electrons. The molecule has 1 fully saturated rings. The van der Waals surface area contributed by atoms with Crippen molar-refractivity contribution in [3.63, 3.8) is 0 Å². The highest BCUT2D eigenvalue weighted by atomic mass is 79.9. The Hall–Kier alpha value is -0.680. The fourth-order valence-electron chi connectivity index (χ4n) is 3.62. The molecule has 1 aliphatic carbocycles. The average molecular weight is 356 g/mol. The summed E-state index contributed by atoms with van der Waals surface area (Å²) in [5.41, 5.74) is 1.61. The van der Waals surface area contributed by atoms with E-state index >= 15 is 0 Å². The topological polar surface area (TPSA) is 38.1 Å². The zero-order chi connectivity index (χ0) is 15.8. The number of aromatic nitrogens is 2. The fraction of sp³-hybridized carbons (Fsp3) is 0.750. The summed E-state index contributed by atoms with van der Waals surface area (Å²) >= 11 is 3.57. The monoisotopic (exact) mass is 355 g/mol. The van der Waals surface area contributed by atoms with Crippen LogP contribution in [-0.2, 0) is 18.3 Å². The van der Waals surface area contributed by atoms with E-state index in [0.717, 1.165) is 35.1 Å². The maximum Gasteiger partial charge on any atom is 0.159 e. The van der Waals surface area contributed by atoms with E-state index in [4.69, 9.17) is 0 Å². The molecular formula is C16H26BrN3O. The Morgan fingerprint density at radius 3 is 2.67 bits per heavy atom. The van der Waals surface area contributed by atoms with Crippen LogP contribution in [0.15, 0.2) is 4.47 Å². The number of ketones is 1. The molecule has 2 rings (SSSR count). The van der Waals surface area contributed by atoms with Gasteiger partial charge in [0.05, 0.1) is 27.8 Å². The molecule has 0 aliphatic heterocycles. The summed E-state index contributed by atoms with van der Waals surface area (Å²) in [5.74, 6) is 0.935. The maximum absolute atomic E-state index is 13.1. The number of rotatable bonds is 4. The first-order chi connectivity index (χ1) is 9.78. The van der Waals surface area contributed by atoms with Crippen molar-refractivity contribution >= 4 is 21.7 Å². The van der Waals surface area contributed by atoms with E-state index < -0.39 is 0 Å². The van der Waals surface area contributed by atoms with Gasteiger partial charge < -0.3 is 0 Å². The van der Waals surface area contributed by atoms with Crippen molar-refractivity contribution in [2.75, 3.05) is 14.1 Å². The number of hydrogen-bond donors (Lipinski definition) is 0. The van der Waals surface area contributed by atoms with Crippen LogP contribution in [0.25, 0.3) is 0 Å². The summed E-state index contributed by atoms with van der Waals surface area (Å²) in [7, 11) is 5.99. The third-order valence-electron chi connectivity index (χ3n) is 4.94. The molecular weight excluding hydrogens is 330 g/mol. The van der Waals surface area contributed by atoms with E-state index in [1.807, 2.05) is 32.7 Å². The average Bonchev–Trinajstić information content (AvgIpc) is 2.65. The number of Topliss-reactive ketones (excluding diaryl/α,β-unsaturated/α-hetero) is 1. The summed E-state index contributed by atoms with van der Waals surface area (Å²) in [6, 6.07) is 0. The van der Waals surface area contributed by atoms with Gasteiger partial charge in [-0.3, -0.25) is 14.4 Å². The number of nitrogens with zero attached hydrogens (tertiary/aromatic N) is 3. The number of likely N-dealkylation sites (N-methyl/N-ethyl adjacent to an activating group) is 1. The molecule has 1 saturated carbocycles. The predicted octanol–water partition coefficient (Wildman–Crippen LogP) is 3.11. The first kappa shape index (κ1) is 16.7. The fourth-order valence-corrected chi connectivity index (χ4v) is 4.10. The van der Waals surface area contributed by atoms with Crippen LogP contribution in [0.5, 0.6) is 0 Å². The highest BCUT2D eigenvalue weighted by Crippen LogP contribution is 2.37. The summed E-state index contributed by atoms with van der Waals surface area (Å²) in [4.78, 5) is 15.2. The molecule has 0 saturated heterocycles. The van der Waals surface area contributed by atoms with Gasteiger partial charge in [0.1, 0.15) is 0 Å². The first-order valence-corrected chi connectivity index (χ1v) is 8.46. The zero-order valence-electron chi connectivity index (χ0n) is 13.7. The summed E-state index contributed by atoms with van der Waals surface area (Å²) in [6.45, 7) is 4.22. The Morgan fingerprint density at radius 2 is 2.19 bits per heavy atom. The van der Waals surface area contributed by atoms with E-state index in [-0.39, 0.29) is 5.54 Å². The second-order valence-electron chi connectivity index (χ2n) is 6.70. The molecule has 1 aromatic heterocycles. The molecule has 2 unspecified atom stereocenters. The molecule has 21 heavy (non-hydrogen) atoms. The lowest BCUT2D eigenvalue weighted by atomic mass is 9.72. The van der Waals surface area contributed by atoms with Crippen molar-refractivity contribution in [1.82, 2.24) is 14.7 Å². The lowest BCUT2D eigenvalue weighted by Crippen LogP contribution is -2.54. The third-order valence-corrected chi connectivity index (χ3v) is 5.97. The van der Waals surface area contributed by atoms with Gasteiger partial charge in [-0.1, -0.05) is 19.8 Å². The van der Waals surface area contributed by atoms with Gasteiger partial charge in [0.25, 0.3) is 0 Å². The Bertz CT molecular complexity index is 538. The quantitative estimate of drug-likeness (QED) is 0.832. The molecule has 1 aromatic rings. The Morgan fingerprint density at radius 1 is 1.52 bits per heavy atom. The van der Waals surface area contributed by atoms with Gasteiger partial charge in [0, 0.05) is 7.05 Å². The molecule has 2 atom stereocenters. The zero-order valence-corrected chi connectivity index (χ0v) is 15.3. The summed E-state index contributed by atoms with van der Waals surface area (Å²) in [6.07, 6.45) is 4.75. The minimum Gasteiger partial charge on any atom is -0.297 e. The van der Waals surface area contributed by atoms with E-state index in [1.165, 1.54) is 6.42 Å². The minimum atomic E-state index is -0.310. The SMILES string of the molecule is Cc1nn(C)c(CC(=O)C2(N(C)C)CCCC(C)C2)c1Br. The van der Waals surface area contributed by atoms with Crippen molar-refractivity contribution in [2.45, 2.75) is 51.5 Å². The lowest BCUT2D eigenvalue weighted by Gasteiger charge is -2.44. The molecule has 1 heterocycles. The smallest absolute Gasteiger partial charge is 0.159 e. The second kappa shape index (κ2) is 6.21. The van der Waals surface area contributed by atoms with Gasteiger partial charge in [-0.05, 0) is 55.7 Å². The normalized spacial score (nSPS) is 26.3. The molecule has 0 N–H and O–H groups in total. The van der Waals surface area contributed by atoms with E-state index in [2.05, 4.69) is 32.9 Å². The van der Waals surface area contributed by atoms with E-state index in [1.54, 1.807) is 0 Å². The maximum atomic E-state index is 13.1. The lowest BCUT2D eigenvalue weighted by molar-refractivity contribution is -0.132. The Labute approximate surface area is 136 Å². The number of carbonyl (C=O) groups excluding carboxylic acids is 1. The predicted molar refractivity (Wildman–Crippen MR) is 88.4 cm³/mol. The Kier molecular flexibility index (Phi) is 4.93. The van der Waals surface area contributed by atoms with Gasteiger partial charge in [-0.2, -0.15) is 5.10 Å². The van der Waals surface area contributed by atoms with Crippen molar-refractivity contribution in [3.05, 3.63) is 15.9 Å². The van der Waals surface area contributed by atoms with Crippen LogP contribution in [0.3, 0.4) is 0 Å². The minimum absolute atomic E-state index is 0.310. The van der Waals surface area contributed by atoms with Crippen LogP contribution < -0.4 is 0 Å². The molecule has 4 nitrogen and oxygen atoms in total. The Balaban J connectivity index is 2.27. The van der Waals surface area contributed by atoms with Crippen LogP contribution in [0.4, 0.5) is 0 Å². The third kappa shape index (κ3) is 3.09. The van der Waals surface area contributed by atoms with Crippen molar-refractivity contribution < 1.29 is 4.79 Å². The number of hydrogen-bond acceptors (Lipinski definition) is 3. The number of aryl methyl sites for hydroxylation is 2. The van der Waals surface area contributed by atoms with Gasteiger partial charge in [0.15, 0.2) is 5.78 Å². The molecule has 0 aromatic carbocycles. The van der Waals surface area contributed by atoms with Crippen molar-refractivity contribution in [2.24, 2.45) is 13.0 Å². The molecule has 118 valence electrons. The highest BCUT2D eigenvalue weighted by molar-refractivity contribution is 9.10. The second-order valence-corrected chi connectivity index (χ2v) is 7.49. The van der Waals surface area contributed by atoms with Gasteiger partial charge in [-0.15, -0.1) is 0 Å². The molecule has 0 bridgehead atoms. The van der Waals surface area contributed by atoms with Crippen LogP contribution in [-0.4, -0.2) is 40.1 Å². The van der Waals surface area contributed by atoms with Crippen LogP contribution >= 0.6 is 15.9 Å². The van der Waals surface area contributed by atoms with Crippen LogP contribution in [0, 0.1) is 12.8 Å². The number of carbonyl (C=O) groups is 1. The largest absolute Gasteiger partial charge is 0.297 e. The molecule has 0 spiro atoms. The summed E-state index contributed by atoms with van der Waals surface area (Å²) in [5, 5.41) is 4.40. The van der Waals surface area contributed by atoms with Crippen LogP contribution in [0.2, 0.25) is 0 Å². The van der Waals surface area contributed by atoms with Gasteiger partial charge >= 0.3 is 0 Å². The van der Waals surface area contributed by atoms with Crippen molar-refractivity contribution in [3.8, 4) is 0 Å². The van der Waals surface area contributed by atoms with Crippen molar-refractivity contribution in [1.29, 1.82) is 0 Å².